The highest BCUT2D eigenvalue weighted by molar-refractivity contribution is 6.30. The summed E-state index contributed by atoms with van der Waals surface area (Å²) in [6.45, 7) is 0. The van der Waals surface area contributed by atoms with Crippen LogP contribution in [0, 0.1) is 0 Å². The summed E-state index contributed by atoms with van der Waals surface area (Å²) in [7, 11) is 0. The zero-order valence-electron chi connectivity index (χ0n) is 11.8. The monoisotopic (exact) mass is 307 g/mol. The molecule has 0 unspecified atom stereocenters. The highest BCUT2D eigenvalue weighted by atomic mass is 35.5. The molecular formula is C18H14ClN3. The maximum Gasteiger partial charge on any atom is 0.234 e. The highest BCUT2D eigenvalue weighted by Gasteiger charge is 2.08. The maximum atomic E-state index is 5.97. The van der Waals surface area contributed by atoms with Gasteiger partial charge in [0, 0.05) is 29.3 Å². The van der Waals surface area contributed by atoms with Gasteiger partial charge in [0.05, 0.1) is 0 Å². The molecule has 0 fully saturated rings. The van der Waals surface area contributed by atoms with Gasteiger partial charge in [-0.15, -0.1) is 0 Å². The molecule has 1 aromatic heterocycles. The molecule has 0 aliphatic rings. The molecule has 0 amide bonds. The van der Waals surface area contributed by atoms with Crippen LogP contribution in [0.2, 0.25) is 5.02 Å². The first-order valence-corrected chi connectivity index (χ1v) is 7.26. The minimum atomic E-state index is 0.608. The normalized spacial score (nSPS) is 10.8. The molecule has 2 aromatic carbocycles. The average Bonchev–Trinajstić information content (AvgIpc) is 2.58. The van der Waals surface area contributed by atoms with Gasteiger partial charge in [-0.1, -0.05) is 41.9 Å². The topological polar surface area (TPSA) is 29.0 Å². The molecular weight excluding hydrogens is 294 g/mol. The lowest BCUT2D eigenvalue weighted by atomic mass is 10.2. The van der Waals surface area contributed by atoms with Gasteiger partial charge < -0.3 is 0 Å². The Bertz CT molecular complexity index is 740. The number of hydrogen-bond donors (Lipinski definition) is 0. The number of nitrogens with zero attached hydrogens (tertiary/aromatic N) is 3. The van der Waals surface area contributed by atoms with Crippen molar-refractivity contribution in [1.29, 1.82) is 0 Å². The second-order valence-corrected chi connectivity index (χ2v) is 5.06. The summed E-state index contributed by atoms with van der Waals surface area (Å²) in [5.41, 5.74) is 2.06. The second-order valence-electron chi connectivity index (χ2n) is 4.62. The first-order chi connectivity index (χ1) is 10.8. The Labute approximate surface area is 134 Å². The lowest BCUT2D eigenvalue weighted by molar-refractivity contribution is 1.08. The molecule has 22 heavy (non-hydrogen) atoms. The Morgan fingerprint density at radius 3 is 2.18 bits per heavy atom. The third kappa shape index (κ3) is 3.51. The highest BCUT2D eigenvalue weighted by Crippen LogP contribution is 2.24. The van der Waals surface area contributed by atoms with Gasteiger partial charge in [-0.05, 0) is 42.0 Å². The molecule has 0 aliphatic heterocycles. The fraction of sp³-hybridized carbons (Fsp3) is 0. The van der Waals surface area contributed by atoms with E-state index in [0.717, 1.165) is 11.3 Å². The van der Waals surface area contributed by atoms with Gasteiger partial charge in [0.1, 0.15) is 0 Å². The average molecular weight is 308 g/mol. The molecule has 108 valence electrons. The molecule has 1 heterocycles. The molecule has 0 aliphatic carbocycles. The van der Waals surface area contributed by atoms with Crippen molar-refractivity contribution in [2.75, 3.05) is 4.90 Å². The van der Waals surface area contributed by atoms with Crippen molar-refractivity contribution >= 4 is 29.3 Å². The SMILES string of the molecule is Clc1ccc(N(/C=C/c2ccccc2)c2ncccn2)cc1. The minimum absolute atomic E-state index is 0.608. The summed E-state index contributed by atoms with van der Waals surface area (Å²) >= 11 is 5.97. The van der Waals surface area contributed by atoms with E-state index in [2.05, 4.69) is 9.97 Å². The summed E-state index contributed by atoms with van der Waals surface area (Å²) < 4.78 is 0. The minimum Gasteiger partial charge on any atom is -0.286 e. The van der Waals surface area contributed by atoms with E-state index in [1.165, 1.54) is 0 Å². The standard InChI is InChI=1S/C18H14ClN3/c19-16-7-9-17(10-8-16)22(18-20-12-4-13-21-18)14-11-15-5-2-1-3-6-15/h1-14H/b14-11+. The van der Waals surface area contributed by atoms with Gasteiger partial charge in [-0.3, -0.25) is 4.90 Å². The van der Waals surface area contributed by atoms with Gasteiger partial charge in [0.15, 0.2) is 0 Å². The molecule has 3 rings (SSSR count). The molecule has 3 aromatic rings. The molecule has 0 radical (unpaired) electrons. The van der Waals surface area contributed by atoms with E-state index in [9.17, 15) is 0 Å². The van der Waals surface area contributed by atoms with Crippen LogP contribution < -0.4 is 4.90 Å². The van der Waals surface area contributed by atoms with Crippen molar-refractivity contribution in [3.8, 4) is 0 Å². The summed E-state index contributed by atoms with van der Waals surface area (Å²) in [6, 6.07) is 19.5. The van der Waals surface area contributed by atoms with Crippen LogP contribution in [0.15, 0.2) is 79.3 Å². The van der Waals surface area contributed by atoms with E-state index >= 15 is 0 Å². The summed E-state index contributed by atoms with van der Waals surface area (Å²) in [4.78, 5) is 10.6. The Kier molecular flexibility index (Phi) is 4.47. The van der Waals surface area contributed by atoms with Crippen LogP contribution in [0.5, 0.6) is 0 Å². The van der Waals surface area contributed by atoms with E-state index in [-0.39, 0.29) is 0 Å². The van der Waals surface area contributed by atoms with E-state index < -0.39 is 0 Å². The van der Waals surface area contributed by atoms with E-state index in [1.807, 2.05) is 71.8 Å². The fourth-order valence-electron chi connectivity index (χ4n) is 2.01. The summed E-state index contributed by atoms with van der Waals surface area (Å²) in [5, 5.41) is 0.699. The lowest BCUT2D eigenvalue weighted by Crippen LogP contribution is -2.11. The van der Waals surface area contributed by atoms with Crippen LogP contribution in [0.4, 0.5) is 11.6 Å². The smallest absolute Gasteiger partial charge is 0.234 e. The van der Waals surface area contributed by atoms with Crippen LogP contribution in [0.1, 0.15) is 5.56 Å². The van der Waals surface area contributed by atoms with Crippen molar-refractivity contribution in [1.82, 2.24) is 9.97 Å². The maximum absolute atomic E-state index is 5.97. The Hall–Kier alpha value is -2.65. The lowest BCUT2D eigenvalue weighted by Gasteiger charge is -2.18. The third-order valence-electron chi connectivity index (χ3n) is 3.09. The fourth-order valence-corrected chi connectivity index (χ4v) is 2.14. The molecule has 3 nitrogen and oxygen atoms in total. The van der Waals surface area contributed by atoms with Crippen molar-refractivity contribution in [3.63, 3.8) is 0 Å². The second kappa shape index (κ2) is 6.87. The number of hydrogen-bond acceptors (Lipinski definition) is 3. The zero-order chi connectivity index (χ0) is 15.2. The molecule has 0 atom stereocenters. The summed E-state index contributed by atoms with van der Waals surface area (Å²) in [6.07, 6.45) is 7.42. The van der Waals surface area contributed by atoms with Crippen molar-refractivity contribution in [2.24, 2.45) is 0 Å². The molecule has 0 saturated carbocycles. The van der Waals surface area contributed by atoms with Crippen molar-refractivity contribution in [3.05, 3.63) is 89.8 Å². The molecule has 0 spiro atoms. The van der Waals surface area contributed by atoms with Crippen molar-refractivity contribution in [2.45, 2.75) is 0 Å². The van der Waals surface area contributed by atoms with Gasteiger partial charge in [-0.2, -0.15) is 0 Å². The summed E-state index contributed by atoms with van der Waals surface area (Å²) in [5.74, 6) is 0.608. The molecule has 0 saturated heterocycles. The molecule has 0 N–H and O–H groups in total. The Balaban J connectivity index is 1.96. The van der Waals surface area contributed by atoms with Crippen molar-refractivity contribution < 1.29 is 0 Å². The first kappa shape index (κ1) is 14.3. The van der Waals surface area contributed by atoms with Gasteiger partial charge in [-0.25, -0.2) is 9.97 Å². The van der Waals surface area contributed by atoms with E-state index in [1.54, 1.807) is 18.5 Å². The first-order valence-electron chi connectivity index (χ1n) is 6.88. The number of aromatic nitrogens is 2. The quantitative estimate of drug-likeness (QED) is 0.683. The van der Waals surface area contributed by atoms with Gasteiger partial charge in [0.2, 0.25) is 5.95 Å². The number of rotatable bonds is 4. The van der Waals surface area contributed by atoms with Crippen LogP contribution in [0.3, 0.4) is 0 Å². The van der Waals surface area contributed by atoms with E-state index in [4.69, 9.17) is 11.6 Å². The van der Waals surface area contributed by atoms with Gasteiger partial charge >= 0.3 is 0 Å². The Morgan fingerprint density at radius 2 is 1.50 bits per heavy atom. The molecule has 0 bridgehead atoms. The third-order valence-corrected chi connectivity index (χ3v) is 3.34. The predicted molar refractivity (Wildman–Crippen MR) is 91.1 cm³/mol. The largest absolute Gasteiger partial charge is 0.286 e. The number of anilines is 2. The molecule has 4 heteroatoms. The number of benzene rings is 2. The Morgan fingerprint density at radius 1 is 0.818 bits per heavy atom. The van der Waals surface area contributed by atoms with Crippen LogP contribution in [-0.2, 0) is 0 Å². The van der Waals surface area contributed by atoms with E-state index in [0.29, 0.717) is 11.0 Å². The zero-order valence-corrected chi connectivity index (χ0v) is 12.6. The van der Waals surface area contributed by atoms with Gasteiger partial charge in [0.25, 0.3) is 0 Å². The van der Waals surface area contributed by atoms with Crippen LogP contribution >= 0.6 is 11.6 Å². The number of halogens is 1. The van der Waals surface area contributed by atoms with Crippen LogP contribution in [0.25, 0.3) is 6.08 Å². The van der Waals surface area contributed by atoms with Crippen LogP contribution in [-0.4, -0.2) is 9.97 Å². The predicted octanol–water partition coefficient (Wildman–Crippen LogP) is 4.94.